The van der Waals surface area contributed by atoms with E-state index in [9.17, 15) is 10.1 Å². The van der Waals surface area contributed by atoms with Crippen molar-refractivity contribution in [2.75, 3.05) is 25.4 Å². The maximum atomic E-state index is 10.8. The van der Waals surface area contributed by atoms with Gasteiger partial charge in [-0.1, -0.05) is 13.0 Å². The first kappa shape index (κ1) is 14.4. The molecule has 0 heterocycles. The molecule has 0 saturated carbocycles. The van der Waals surface area contributed by atoms with Gasteiger partial charge < -0.3 is 10.8 Å². The van der Waals surface area contributed by atoms with Crippen LogP contribution in [0.25, 0.3) is 0 Å². The van der Waals surface area contributed by atoms with Gasteiger partial charge in [-0.3, -0.25) is 15.0 Å². The molecule has 0 radical (unpaired) electrons. The molecule has 1 rings (SSSR count). The van der Waals surface area contributed by atoms with Crippen molar-refractivity contribution >= 4 is 11.4 Å². The summed E-state index contributed by atoms with van der Waals surface area (Å²) in [4.78, 5) is 12.4. The number of nitro groups is 1. The van der Waals surface area contributed by atoms with E-state index in [4.69, 9.17) is 10.8 Å². The van der Waals surface area contributed by atoms with Gasteiger partial charge in [0, 0.05) is 19.2 Å². The van der Waals surface area contributed by atoms with Crippen molar-refractivity contribution in [1.82, 2.24) is 4.90 Å². The third-order valence-electron chi connectivity index (χ3n) is 2.65. The van der Waals surface area contributed by atoms with Gasteiger partial charge in [-0.15, -0.1) is 0 Å². The molecule has 1 aromatic carbocycles. The van der Waals surface area contributed by atoms with Gasteiger partial charge in [-0.2, -0.15) is 0 Å². The van der Waals surface area contributed by atoms with Crippen molar-refractivity contribution in [3.63, 3.8) is 0 Å². The predicted molar refractivity (Wildman–Crippen MR) is 70.2 cm³/mol. The summed E-state index contributed by atoms with van der Waals surface area (Å²) in [5.74, 6) is 0. The smallest absolute Gasteiger partial charge is 0.292 e. The van der Waals surface area contributed by atoms with Gasteiger partial charge in [0.15, 0.2) is 0 Å². The molecule has 0 aliphatic carbocycles. The van der Waals surface area contributed by atoms with E-state index < -0.39 is 4.92 Å². The second kappa shape index (κ2) is 6.93. The first-order valence-corrected chi connectivity index (χ1v) is 5.94. The highest BCUT2D eigenvalue weighted by molar-refractivity contribution is 5.59. The van der Waals surface area contributed by atoms with Crippen LogP contribution < -0.4 is 5.73 Å². The summed E-state index contributed by atoms with van der Waals surface area (Å²) in [6.45, 7) is 4.12. The number of hydrogen-bond donors (Lipinski definition) is 2. The number of nitrogen functional groups attached to an aromatic ring is 1. The topological polar surface area (TPSA) is 92.6 Å². The van der Waals surface area contributed by atoms with Gasteiger partial charge in [0.05, 0.1) is 11.5 Å². The normalized spacial score (nSPS) is 10.8. The van der Waals surface area contributed by atoms with Crippen LogP contribution in [0.1, 0.15) is 18.9 Å². The van der Waals surface area contributed by atoms with E-state index in [2.05, 4.69) is 11.8 Å². The van der Waals surface area contributed by atoms with Crippen LogP contribution in [0.5, 0.6) is 0 Å². The largest absolute Gasteiger partial charge is 0.395 e. The van der Waals surface area contributed by atoms with Crippen molar-refractivity contribution in [3.05, 3.63) is 33.9 Å². The number of hydrogen-bond acceptors (Lipinski definition) is 5. The maximum absolute atomic E-state index is 10.8. The molecule has 18 heavy (non-hydrogen) atoms. The average molecular weight is 253 g/mol. The zero-order valence-corrected chi connectivity index (χ0v) is 10.5. The lowest BCUT2D eigenvalue weighted by Crippen LogP contribution is -2.27. The van der Waals surface area contributed by atoms with Crippen LogP contribution in [0.4, 0.5) is 11.4 Å². The first-order chi connectivity index (χ1) is 8.58. The highest BCUT2D eigenvalue weighted by Gasteiger charge is 2.13. The highest BCUT2D eigenvalue weighted by Crippen LogP contribution is 2.23. The lowest BCUT2D eigenvalue weighted by molar-refractivity contribution is -0.384. The number of rotatable bonds is 7. The number of aliphatic hydroxyl groups is 1. The minimum Gasteiger partial charge on any atom is -0.395 e. The molecule has 0 aliphatic heterocycles. The molecule has 6 heteroatoms. The molecule has 1 aromatic rings. The summed E-state index contributed by atoms with van der Waals surface area (Å²) in [7, 11) is 0. The molecule has 6 nitrogen and oxygen atoms in total. The van der Waals surface area contributed by atoms with E-state index in [-0.39, 0.29) is 18.0 Å². The number of aliphatic hydroxyl groups excluding tert-OH is 1. The van der Waals surface area contributed by atoms with Gasteiger partial charge in [0.2, 0.25) is 0 Å². The Morgan fingerprint density at radius 2 is 2.17 bits per heavy atom. The molecule has 0 fully saturated rings. The summed E-state index contributed by atoms with van der Waals surface area (Å²) < 4.78 is 0. The zero-order valence-electron chi connectivity index (χ0n) is 10.5. The van der Waals surface area contributed by atoms with Crippen LogP contribution in [0, 0.1) is 10.1 Å². The molecule has 0 aliphatic rings. The fourth-order valence-electron chi connectivity index (χ4n) is 1.83. The van der Waals surface area contributed by atoms with E-state index in [1.165, 1.54) is 6.07 Å². The predicted octanol–water partition coefficient (Wildman–Crippen LogP) is 1.38. The van der Waals surface area contributed by atoms with E-state index in [1.807, 2.05) is 0 Å². The van der Waals surface area contributed by atoms with E-state index >= 15 is 0 Å². The molecule has 0 saturated heterocycles. The third-order valence-corrected chi connectivity index (χ3v) is 2.65. The van der Waals surface area contributed by atoms with Gasteiger partial charge in [-0.05, 0) is 24.6 Å². The Morgan fingerprint density at radius 1 is 1.44 bits per heavy atom. The minimum atomic E-state index is -0.477. The Kier molecular flexibility index (Phi) is 5.54. The zero-order chi connectivity index (χ0) is 13.5. The second-order valence-electron chi connectivity index (χ2n) is 4.15. The minimum absolute atomic E-state index is 0.0621. The van der Waals surface area contributed by atoms with Gasteiger partial charge in [-0.25, -0.2) is 0 Å². The van der Waals surface area contributed by atoms with Crippen molar-refractivity contribution in [1.29, 1.82) is 0 Å². The Hall–Kier alpha value is -1.66. The van der Waals surface area contributed by atoms with E-state index in [0.29, 0.717) is 13.1 Å². The SMILES string of the molecule is CCCN(CCO)Cc1ccc(N)c([N+](=O)[O-])c1. The number of anilines is 1. The van der Waals surface area contributed by atoms with Crippen molar-refractivity contribution < 1.29 is 10.0 Å². The Morgan fingerprint density at radius 3 is 2.72 bits per heavy atom. The number of nitrogens with two attached hydrogens (primary N) is 1. The summed E-state index contributed by atoms with van der Waals surface area (Å²) in [6, 6.07) is 4.83. The maximum Gasteiger partial charge on any atom is 0.292 e. The number of nitro benzene ring substituents is 1. The Bertz CT molecular complexity index is 404. The van der Waals surface area contributed by atoms with Crippen LogP contribution in [0.2, 0.25) is 0 Å². The molecule has 0 aromatic heterocycles. The fourth-order valence-corrected chi connectivity index (χ4v) is 1.83. The first-order valence-electron chi connectivity index (χ1n) is 5.94. The number of nitrogens with zero attached hydrogens (tertiary/aromatic N) is 2. The second-order valence-corrected chi connectivity index (χ2v) is 4.15. The highest BCUT2D eigenvalue weighted by atomic mass is 16.6. The molecule has 0 bridgehead atoms. The molecule has 0 spiro atoms. The third kappa shape index (κ3) is 3.97. The van der Waals surface area contributed by atoms with E-state index in [0.717, 1.165) is 18.5 Å². The van der Waals surface area contributed by atoms with Crippen LogP contribution in [0.15, 0.2) is 18.2 Å². The Balaban J connectivity index is 2.82. The van der Waals surface area contributed by atoms with Crippen molar-refractivity contribution in [2.24, 2.45) is 0 Å². The monoisotopic (exact) mass is 253 g/mol. The summed E-state index contributed by atoms with van der Waals surface area (Å²) >= 11 is 0. The molecule has 0 amide bonds. The van der Waals surface area contributed by atoms with E-state index in [1.54, 1.807) is 12.1 Å². The summed E-state index contributed by atoms with van der Waals surface area (Å²) in [5, 5.41) is 19.7. The van der Waals surface area contributed by atoms with Crippen LogP contribution in [-0.4, -0.2) is 34.6 Å². The molecule has 0 unspecified atom stereocenters. The van der Waals surface area contributed by atoms with Crippen LogP contribution in [-0.2, 0) is 6.54 Å². The fraction of sp³-hybridized carbons (Fsp3) is 0.500. The summed E-state index contributed by atoms with van der Waals surface area (Å²) in [5.41, 5.74) is 6.49. The molecular formula is C12H19N3O3. The number of benzene rings is 1. The standard InChI is InChI=1S/C12H19N3O3/c1-2-5-14(6-7-16)9-10-3-4-11(13)12(8-10)15(17)18/h3-4,8,16H,2,5-7,9,13H2,1H3. The lowest BCUT2D eigenvalue weighted by atomic mass is 10.1. The molecular weight excluding hydrogens is 234 g/mol. The quantitative estimate of drug-likeness (QED) is 0.435. The van der Waals surface area contributed by atoms with Gasteiger partial charge in [0.25, 0.3) is 5.69 Å². The van der Waals surface area contributed by atoms with Crippen LogP contribution >= 0.6 is 0 Å². The molecule has 3 N–H and O–H groups in total. The molecule has 100 valence electrons. The average Bonchev–Trinajstić information content (AvgIpc) is 2.32. The van der Waals surface area contributed by atoms with Crippen molar-refractivity contribution in [3.8, 4) is 0 Å². The van der Waals surface area contributed by atoms with Gasteiger partial charge in [0.1, 0.15) is 5.69 Å². The lowest BCUT2D eigenvalue weighted by Gasteiger charge is -2.20. The Labute approximate surface area is 106 Å². The summed E-state index contributed by atoms with van der Waals surface area (Å²) in [6.07, 6.45) is 0.969. The molecule has 0 atom stereocenters. The van der Waals surface area contributed by atoms with Gasteiger partial charge >= 0.3 is 0 Å². The van der Waals surface area contributed by atoms with Crippen molar-refractivity contribution in [2.45, 2.75) is 19.9 Å². The van der Waals surface area contributed by atoms with Crippen LogP contribution in [0.3, 0.4) is 0 Å².